The zero-order valence-corrected chi connectivity index (χ0v) is 11.0. The van der Waals surface area contributed by atoms with Crippen molar-refractivity contribution in [3.05, 3.63) is 59.7 Å². The molecule has 2 aromatic rings. The van der Waals surface area contributed by atoms with Crippen molar-refractivity contribution in [2.24, 2.45) is 0 Å². The van der Waals surface area contributed by atoms with Crippen LogP contribution < -0.4 is 0 Å². The molecule has 0 saturated carbocycles. The first-order valence-electron chi connectivity index (χ1n) is 6.35. The SMILES string of the molecule is CC#CCCc1cccc(-c2cccc(C)c2)c1. The molecule has 0 amide bonds. The average Bonchev–Trinajstić information content (AvgIpc) is 2.39. The van der Waals surface area contributed by atoms with Crippen molar-refractivity contribution in [1.29, 1.82) is 0 Å². The molecule has 0 atom stereocenters. The molecule has 0 unspecified atom stereocenters. The van der Waals surface area contributed by atoms with E-state index in [1.165, 1.54) is 22.3 Å². The van der Waals surface area contributed by atoms with Gasteiger partial charge in [0.25, 0.3) is 0 Å². The van der Waals surface area contributed by atoms with Gasteiger partial charge in [-0.25, -0.2) is 0 Å². The summed E-state index contributed by atoms with van der Waals surface area (Å²) in [6.07, 6.45) is 1.97. The quantitative estimate of drug-likeness (QED) is 0.680. The molecule has 0 fully saturated rings. The first kappa shape index (κ1) is 12.5. The molecule has 18 heavy (non-hydrogen) atoms. The van der Waals surface area contributed by atoms with Crippen LogP contribution in [0.3, 0.4) is 0 Å². The number of hydrogen-bond donors (Lipinski definition) is 0. The molecule has 2 rings (SSSR count). The molecule has 90 valence electrons. The minimum Gasteiger partial charge on any atom is -0.107 e. The van der Waals surface area contributed by atoms with Gasteiger partial charge in [-0.05, 0) is 37.0 Å². The molecule has 0 spiro atoms. The first-order valence-corrected chi connectivity index (χ1v) is 6.35. The Hall–Kier alpha value is -2.00. The predicted molar refractivity (Wildman–Crippen MR) is 78.4 cm³/mol. The lowest BCUT2D eigenvalue weighted by atomic mass is 10.00. The molecule has 0 saturated heterocycles. The third kappa shape index (κ3) is 3.25. The summed E-state index contributed by atoms with van der Waals surface area (Å²) >= 11 is 0. The van der Waals surface area contributed by atoms with E-state index in [0.717, 1.165) is 12.8 Å². The van der Waals surface area contributed by atoms with E-state index >= 15 is 0 Å². The van der Waals surface area contributed by atoms with E-state index in [1.807, 2.05) is 6.92 Å². The number of rotatable bonds is 3. The molecule has 0 aliphatic rings. The van der Waals surface area contributed by atoms with Crippen molar-refractivity contribution < 1.29 is 0 Å². The van der Waals surface area contributed by atoms with E-state index in [1.54, 1.807) is 0 Å². The summed E-state index contributed by atoms with van der Waals surface area (Å²) in [5, 5.41) is 0. The maximum absolute atomic E-state index is 3.12. The van der Waals surface area contributed by atoms with E-state index < -0.39 is 0 Å². The van der Waals surface area contributed by atoms with Gasteiger partial charge in [-0.1, -0.05) is 54.1 Å². The molecular weight excluding hydrogens is 216 g/mol. The third-order valence-corrected chi connectivity index (χ3v) is 2.99. The van der Waals surface area contributed by atoms with Crippen LogP contribution in [-0.2, 0) is 6.42 Å². The standard InChI is InChI=1S/C18H18/c1-3-4-5-9-16-10-7-12-18(14-16)17-11-6-8-15(2)13-17/h6-8,10-14H,5,9H2,1-2H3. The van der Waals surface area contributed by atoms with Crippen molar-refractivity contribution in [2.45, 2.75) is 26.7 Å². The van der Waals surface area contributed by atoms with Crippen molar-refractivity contribution in [3.63, 3.8) is 0 Å². The van der Waals surface area contributed by atoms with E-state index in [0.29, 0.717) is 0 Å². The summed E-state index contributed by atoms with van der Waals surface area (Å²) in [5.74, 6) is 6.06. The zero-order valence-electron chi connectivity index (χ0n) is 11.0. The highest BCUT2D eigenvalue weighted by atomic mass is 14.0. The highest BCUT2D eigenvalue weighted by Gasteiger charge is 1.99. The Morgan fingerprint density at radius 1 is 0.944 bits per heavy atom. The maximum Gasteiger partial charge on any atom is 0.0129 e. The van der Waals surface area contributed by atoms with Crippen molar-refractivity contribution >= 4 is 0 Å². The lowest BCUT2D eigenvalue weighted by Crippen LogP contribution is -1.86. The molecule has 0 aromatic heterocycles. The maximum atomic E-state index is 3.12. The van der Waals surface area contributed by atoms with Crippen LogP contribution in [0.25, 0.3) is 11.1 Å². The van der Waals surface area contributed by atoms with Gasteiger partial charge in [-0.2, -0.15) is 0 Å². The molecule has 0 bridgehead atoms. The second-order valence-corrected chi connectivity index (χ2v) is 4.50. The Balaban J connectivity index is 2.23. The molecule has 0 aliphatic carbocycles. The van der Waals surface area contributed by atoms with Crippen molar-refractivity contribution in [3.8, 4) is 23.0 Å². The van der Waals surface area contributed by atoms with Gasteiger partial charge in [0.05, 0.1) is 0 Å². The molecule has 0 aliphatic heterocycles. The molecule has 0 heteroatoms. The van der Waals surface area contributed by atoms with Crippen LogP contribution >= 0.6 is 0 Å². The minimum atomic E-state index is 0.938. The van der Waals surface area contributed by atoms with Gasteiger partial charge in [0.1, 0.15) is 0 Å². The van der Waals surface area contributed by atoms with Gasteiger partial charge in [0.2, 0.25) is 0 Å². The fourth-order valence-corrected chi connectivity index (χ4v) is 2.06. The first-order chi connectivity index (χ1) is 8.79. The second kappa shape index (κ2) is 6.07. The van der Waals surface area contributed by atoms with E-state index in [4.69, 9.17) is 0 Å². The highest BCUT2D eigenvalue weighted by molar-refractivity contribution is 5.64. The molecule has 0 heterocycles. The second-order valence-electron chi connectivity index (χ2n) is 4.50. The van der Waals surface area contributed by atoms with E-state index in [2.05, 4.69) is 67.3 Å². The largest absolute Gasteiger partial charge is 0.107 e. The van der Waals surface area contributed by atoms with Crippen LogP contribution in [0, 0.1) is 18.8 Å². The summed E-state index contributed by atoms with van der Waals surface area (Å²) in [7, 11) is 0. The monoisotopic (exact) mass is 234 g/mol. The zero-order chi connectivity index (χ0) is 12.8. The summed E-state index contributed by atoms with van der Waals surface area (Å²) in [5.41, 5.74) is 5.24. The fourth-order valence-electron chi connectivity index (χ4n) is 2.06. The van der Waals surface area contributed by atoms with Gasteiger partial charge in [-0.3, -0.25) is 0 Å². The lowest BCUT2D eigenvalue weighted by Gasteiger charge is -2.05. The molecule has 0 N–H and O–H groups in total. The normalized spacial score (nSPS) is 9.67. The smallest absolute Gasteiger partial charge is 0.0129 e. The van der Waals surface area contributed by atoms with Crippen molar-refractivity contribution in [1.82, 2.24) is 0 Å². The summed E-state index contributed by atoms with van der Waals surface area (Å²) in [4.78, 5) is 0. The van der Waals surface area contributed by atoms with Gasteiger partial charge in [0, 0.05) is 6.42 Å². The summed E-state index contributed by atoms with van der Waals surface area (Å²) in [6, 6.07) is 17.4. The Labute approximate surface area is 110 Å². The minimum absolute atomic E-state index is 0.938. The molecular formula is C18H18. The number of benzene rings is 2. The van der Waals surface area contributed by atoms with Gasteiger partial charge >= 0.3 is 0 Å². The van der Waals surface area contributed by atoms with Crippen molar-refractivity contribution in [2.75, 3.05) is 0 Å². The molecule has 2 aromatic carbocycles. The lowest BCUT2D eigenvalue weighted by molar-refractivity contribution is 1.03. The Morgan fingerprint density at radius 3 is 2.39 bits per heavy atom. The van der Waals surface area contributed by atoms with Crippen LogP contribution in [-0.4, -0.2) is 0 Å². The Bertz CT molecular complexity index is 582. The van der Waals surface area contributed by atoms with Gasteiger partial charge in [-0.15, -0.1) is 11.8 Å². The Morgan fingerprint density at radius 2 is 1.67 bits per heavy atom. The van der Waals surface area contributed by atoms with Gasteiger partial charge < -0.3 is 0 Å². The average molecular weight is 234 g/mol. The highest BCUT2D eigenvalue weighted by Crippen LogP contribution is 2.21. The van der Waals surface area contributed by atoms with Crippen LogP contribution in [0.1, 0.15) is 24.5 Å². The van der Waals surface area contributed by atoms with Gasteiger partial charge in [0.15, 0.2) is 0 Å². The third-order valence-electron chi connectivity index (χ3n) is 2.99. The van der Waals surface area contributed by atoms with Crippen LogP contribution in [0.2, 0.25) is 0 Å². The van der Waals surface area contributed by atoms with E-state index in [9.17, 15) is 0 Å². The summed E-state index contributed by atoms with van der Waals surface area (Å²) < 4.78 is 0. The predicted octanol–water partition coefficient (Wildman–Crippen LogP) is 4.62. The number of aryl methyl sites for hydroxylation is 2. The van der Waals surface area contributed by atoms with Crippen LogP contribution in [0.5, 0.6) is 0 Å². The molecule has 0 nitrogen and oxygen atoms in total. The van der Waals surface area contributed by atoms with E-state index in [-0.39, 0.29) is 0 Å². The fraction of sp³-hybridized carbons (Fsp3) is 0.222. The topological polar surface area (TPSA) is 0 Å². The number of hydrogen-bond acceptors (Lipinski definition) is 0. The van der Waals surface area contributed by atoms with Crippen LogP contribution in [0.15, 0.2) is 48.5 Å². The summed E-state index contributed by atoms with van der Waals surface area (Å²) in [6.45, 7) is 4.02. The van der Waals surface area contributed by atoms with Crippen LogP contribution in [0.4, 0.5) is 0 Å². The Kier molecular flexibility index (Phi) is 4.20. The molecule has 0 radical (unpaired) electrons.